The second-order valence-corrected chi connectivity index (χ2v) is 3.05. The van der Waals surface area contributed by atoms with Gasteiger partial charge in [0.15, 0.2) is 0 Å². The molecular formula is C11H11F2NO2. The third-order valence-electron chi connectivity index (χ3n) is 1.90. The topological polar surface area (TPSA) is 42.2 Å². The standard InChI is InChI=1S/C11H11F2NO2/c1-15-10-4-8(2-3-9(10)5-14)6-16-7-11(12)13/h2-4,11H,6-7H2,1H3. The number of benzene rings is 1. The van der Waals surface area contributed by atoms with E-state index in [0.29, 0.717) is 16.9 Å². The molecule has 0 aliphatic rings. The third kappa shape index (κ3) is 3.48. The predicted molar refractivity (Wildman–Crippen MR) is 53.4 cm³/mol. The van der Waals surface area contributed by atoms with Gasteiger partial charge in [0.05, 0.1) is 19.3 Å². The van der Waals surface area contributed by atoms with E-state index in [2.05, 4.69) is 0 Å². The number of halogens is 2. The minimum Gasteiger partial charge on any atom is -0.495 e. The Morgan fingerprint density at radius 1 is 1.44 bits per heavy atom. The summed E-state index contributed by atoms with van der Waals surface area (Å²) in [6, 6.07) is 6.78. The molecule has 0 spiro atoms. The second-order valence-electron chi connectivity index (χ2n) is 3.05. The van der Waals surface area contributed by atoms with Crippen molar-refractivity contribution in [1.29, 1.82) is 5.26 Å². The van der Waals surface area contributed by atoms with E-state index >= 15 is 0 Å². The van der Waals surface area contributed by atoms with Gasteiger partial charge in [-0.2, -0.15) is 5.26 Å². The van der Waals surface area contributed by atoms with Gasteiger partial charge in [-0.3, -0.25) is 0 Å². The predicted octanol–water partition coefficient (Wildman–Crippen LogP) is 2.35. The highest BCUT2D eigenvalue weighted by molar-refractivity contribution is 5.45. The monoisotopic (exact) mass is 227 g/mol. The molecule has 1 aromatic carbocycles. The normalized spacial score (nSPS) is 10.2. The minimum atomic E-state index is -2.47. The molecule has 0 heterocycles. The molecule has 16 heavy (non-hydrogen) atoms. The summed E-state index contributed by atoms with van der Waals surface area (Å²) in [4.78, 5) is 0. The van der Waals surface area contributed by atoms with E-state index in [-0.39, 0.29) is 6.61 Å². The summed E-state index contributed by atoms with van der Waals surface area (Å²) in [5.74, 6) is 0.417. The van der Waals surface area contributed by atoms with E-state index in [0.717, 1.165) is 0 Å². The van der Waals surface area contributed by atoms with E-state index in [4.69, 9.17) is 14.7 Å². The molecule has 0 aliphatic carbocycles. The van der Waals surface area contributed by atoms with Gasteiger partial charge in [0.1, 0.15) is 18.4 Å². The molecule has 1 aromatic rings. The van der Waals surface area contributed by atoms with Gasteiger partial charge in [0, 0.05) is 0 Å². The van der Waals surface area contributed by atoms with Gasteiger partial charge in [0.25, 0.3) is 6.43 Å². The molecule has 0 radical (unpaired) electrons. The average molecular weight is 227 g/mol. The average Bonchev–Trinajstić information content (AvgIpc) is 2.28. The van der Waals surface area contributed by atoms with Gasteiger partial charge in [-0.1, -0.05) is 6.07 Å². The number of hydrogen-bond donors (Lipinski definition) is 0. The Kier molecular flexibility index (Phi) is 4.67. The highest BCUT2D eigenvalue weighted by atomic mass is 19.3. The van der Waals surface area contributed by atoms with Gasteiger partial charge < -0.3 is 9.47 Å². The van der Waals surface area contributed by atoms with Crippen LogP contribution in [0.3, 0.4) is 0 Å². The molecular weight excluding hydrogens is 216 g/mol. The number of nitrogens with zero attached hydrogens (tertiary/aromatic N) is 1. The van der Waals surface area contributed by atoms with Crippen molar-refractivity contribution in [3.63, 3.8) is 0 Å². The molecule has 0 bridgehead atoms. The first-order valence-corrected chi connectivity index (χ1v) is 4.60. The van der Waals surface area contributed by atoms with E-state index in [1.807, 2.05) is 6.07 Å². The first-order valence-electron chi connectivity index (χ1n) is 4.60. The van der Waals surface area contributed by atoms with Gasteiger partial charge in [-0.25, -0.2) is 8.78 Å². The Morgan fingerprint density at radius 2 is 2.19 bits per heavy atom. The minimum absolute atomic E-state index is 0.0758. The fraction of sp³-hybridized carbons (Fsp3) is 0.364. The maximum Gasteiger partial charge on any atom is 0.261 e. The molecule has 0 fully saturated rings. The Labute approximate surface area is 92.2 Å². The van der Waals surface area contributed by atoms with Gasteiger partial charge in [0.2, 0.25) is 0 Å². The third-order valence-corrected chi connectivity index (χ3v) is 1.90. The molecule has 0 saturated heterocycles. The molecule has 0 aromatic heterocycles. The van der Waals surface area contributed by atoms with Crippen molar-refractivity contribution in [1.82, 2.24) is 0 Å². The van der Waals surface area contributed by atoms with E-state index in [1.54, 1.807) is 18.2 Å². The smallest absolute Gasteiger partial charge is 0.261 e. The lowest BCUT2D eigenvalue weighted by Gasteiger charge is -2.07. The quantitative estimate of drug-likeness (QED) is 0.775. The van der Waals surface area contributed by atoms with Crippen LogP contribution in [-0.2, 0) is 11.3 Å². The lowest BCUT2D eigenvalue weighted by atomic mass is 10.1. The van der Waals surface area contributed by atoms with Crippen LogP contribution in [0.5, 0.6) is 5.75 Å². The maximum absolute atomic E-state index is 11.8. The summed E-state index contributed by atoms with van der Waals surface area (Å²) in [5, 5.41) is 8.73. The number of methoxy groups -OCH3 is 1. The molecule has 0 amide bonds. The van der Waals surface area contributed by atoms with Crippen molar-refractivity contribution < 1.29 is 18.3 Å². The first-order chi connectivity index (χ1) is 7.67. The summed E-state index contributed by atoms with van der Waals surface area (Å²) in [6.07, 6.45) is -2.47. The van der Waals surface area contributed by atoms with Crippen LogP contribution in [0.1, 0.15) is 11.1 Å². The van der Waals surface area contributed by atoms with Crippen molar-refractivity contribution in [3.05, 3.63) is 29.3 Å². The van der Waals surface area contributed by atoms with Crippen LogP contribution in [0.4, 0.5) is 8.78 Å². The fourth-order valence-electron chi connectivity index (χ4n) is 1.18. The highest BCUT2D eigenvalue weighted by Crippen LogP contribution is 2.19. The van der Waals surface area contributed by atoms with Gasteiger partial charge >= 0.3 is 0 Å². The zero-order chi connectivity index (χ0) is 12.0. The molecule has 0 saturated carbocycles. The Hall–Kier alpha value is -1.67. The molecule has 5 heteroatoms. The zero-order valence-corrected chi connectivity index (χ0v) is 8.74. The summed E-state index contributed by atoms with van der Waals surface area (Å²) in [6.45, 7) is -0.519. The number of alkyl halides is 2. The van der Waals surface area contributed by atoms with Crippen molar-refractivity contribution >= 4 is 0 Å². The lowest BCUT2D eigenvalue weighted by molar-refractivity contribution is 0.00984. The first kappa shape index (κ1) is 12.4. The molecule has 1 rings (SSSR count). The van der Waals surface area contributed by atoms with Crippen LogP contribution >= 0.6 is 0 Å². The van der Waals surface area contributed by atoms with E-state index in [9.17, 15) is 8.78 Å². The summed E-state index contributed by atoms with van der Waals surface area (Å²) in [7, 11) is 1.44. The van der Waals surface area contributed by atoms with Crippen LogP contribution < -0.4 is 4.74 Å². The molecule has 0 aliphatic heterocycles. The van der Waals surface area contributed by atoms with Crippen LogP contribution in [-0.4, -0.2) is 20.1 Å². The summed E-state index contributed by atoms with van der Waals surface area (Å²) in [5.41, 5.74) is 1.09. The van der Waals surface area contributed by atoms with E-state index in [1.165, 1.54) is 7.11 Å². The molecule has 0 atom stereocenters. The van der Waals surface area contributed by atoms with Crippen molar-refractivity contribution in [2.24, 2.45) is 0 Å². The van der Waals surface area contributed by atoms with E-state index < -0.39 is 13.0 Å². The Balaban J connectivity index is 2.65. The van der Waals surface area contributed by atoms with Gasteiger partial charge in [-0.15, -0.1) is 0 Å². The number of nitriles is 1. The van der Waals surface area contributed by atoms with Crippen LogP contribution in [0, 0.1) is 11.3 Å². The fourth-order valence-corrected chi connectivity index (χ4v) is 1.18. The Bertz CT molecular complexity index is 388. The summed E-state index contributed by atoms with van der Waals surface area (Å²) >= 11 is 0. The highest BCUT2D eigenvalue weighted by Gasteiger charge is 2.05. The number of ether oxygens (including phenoxy) is 2. The largest absolute Gasteiger partial charge is 0.495 e. The van der Waals surface area contributed by atoms with Crippen molar-refractivity contribution in [2.75, 3.05) is 13.7 Å². The maximum atomic E-state index is 11.8. The van der Waals surface area contributed by atoms with Crippen molar-refractivity contribution in [3.8, 4) is 11.8 Å². The molecule has 0 N–H and O–H groups in total. The molecule has 86 valence electrons. The number of hydrogen-bond acceptors (Lipinski definition) is 3. The Morgan fingerprint density at radius 3 is 2.75 bits per heavy atom. The van der Waals surface area contributed by atoms with Crippen molar-refractivity contribution in [2.45, 2.75) is 13.0 Å². The summed E-state index contributed by atoms with van der Waals surface area (Å²) < 4.78 is 33.4. The second kappa shape index (κ2) is 6.03. The SMILES string of the molecule is COc1cc(COCC(F)F)ccc1C#N. The van der Waals surface area contributed by atoms with Crippen LogP contribution in [0.25, 0.3) is 0 Å². The lowest BCUT2D eigenvalue weighted by Crippen LogP contribution is -2.04. The zero-order valence-electron chi connectivity index (χ0n) is 8.74. The van der Waals surface area contributed by atoms with Crippen LogP contribution in [0.2, 0.25) is 0 Å². The van der Waals surface area contributed by atoms with Gasteiger partial charge in [-0.05, 0) is 17.7 Å². The van der Waals surface area contributed by atoms with Crippen LogP contribution in [0.15, 0.2) is 18.2 Å². The molecule has 3 nitrogen and oxygen atoms in total. The molecule has 0 unspecified atom stereocenters. The number of rotatable bonds is 5.